The molecule has 0 spiro atoms. The molecule has 21 heavy (non-hydrogen) atoms. The lowest BCUT2D eigenvalue weighted by Gasteiger charge is -2.17. The molecule has 0 aliphatic rings. The number of alkyl halides is 3. The highest BCUT2D eigenvalue weighted by Gasteiger charge is 2.34. The maximum absolute atomic E-state index is 13.3. The van der Waals surface area contributed by atoms with Gasteiger partial charge in [0, 0.05) is 9.75 Å². The number of halogens is 4. The molecule has 1 unspecified atom stereocenters. The number of rotatable bonds is 3. The van der Waals surface area contributed by atoms with Crippen LogP contribution in [0.5, 0.6) is 0 Å². The van der Waals surface area contributed by atoms with Crippen LogP contribution in [-0.4, -0.2) is 0 Å². The van der Waals surface area contributed by atoms with Gasteiger partial charge in [0.2, 0.25) is 0 Å². The lowest BCUT2D eigenvalue weighted by atomic mass is 10.0. The van der Waals surface area contributed by atoms with Gasteiger partial charge in [0.15, 0.2) is 0 Å². The van der Waals surface area contributed by atoms with E-state index >= 15 is 0 Å². The summed E-state index contributed by atoms with van der Waals surface area (Å²) in [5.74, 6) is 4.18. The first-order valence-corrected chi connectivity index (χ1v) is 6.95. The summed E-state index contributed by atoms with van der Waals surface area (Å²) in [7, 11) is 0. The quantitative estimate of drug-likeness (QED) is 0.508. The molecule has 7 heteroatoms. The highest BCUT2D eigenvalue weighted by Crippen LogP contribution is 2.35. The van der Waals surface area contributed by atoms with Crippen LogP contribution in [0, 0.1) is 19.7 Å². The second-order valence-corrected chi connectivity index (χ2v) is 6.01. The predicted molar refractivity (Wildman–Crippen MR) is 74.4 cm³/mol. The zero-order chi connectivity index (χ0) is 15.8. The standard InChI is InChI=1S/C14H14F4N2S/c1-7-5-12(21-8(7)2)13(20-19)9-3-4-11(15)10(6-9)14(16,17)18/h3-6,13,20H,19H2,1-2H3. The molecule has 0 bridgehead atoms. The van der Waals surface area contributed by atoms with E-state index in [4.69, 9.17) is 5.84 Å². The predicted octanol–water partition coefficient (Wildman–Crippen LogP) is 4.08. The van der Waals surface area contributed by atoms with Gasteiger partial charge in [0.25, 0.3) is 0 Å². The molecule has 1 aromatic heterocycles. The van der Waals surface area contributed by atoms with Gasteiger partial charge in [-0.15, -0.1) is 11.3 Å². The molecule has 2 rings (SSSR count). The average Bonchev–Trinajstić information content (AvgIpc) is 2.71. The van der Waals surface area contributed by atoms with Crippen LogP contribution in [0.25, 0.3) is 0 Å². The number of thiophene rings is 1. The molecule has 0 saturated carbocycles. The number of benzene rings is 1. The fourth-order valence-corrected chi connectivity index (χ4v) is 3.16. The fourth-order valence-electron chi connectivity index (χ4n) is 2.03. The van der Waals surface area contributed by atoms with Crippen LogP contribution in [-0.2, 0) is 6.18 Å². The van der Waals surface area contributed by atoms with E-state index in [9.17, 15) is 17.6 Å². The molecular formula is C14H14F4N2S. The first-order chi connectivity index (χ1) is 9.74. The van der Waals surface area contributed by atoms with Gasteiger partial charge < -0.3 is 0 Å². The van der Waals surface area contributed by atoms with E-state index in [-0.39, 0.29) is 5.56 Å². The molecule has 0 radical (unpaired) electrons. The van der Waals surface area contributed by atoms with Crippen LogP contribution in [0.2, 0.25) is 0 Å². The maximum Gasteiger partial charge on any atom is 0.419 e. The summed E-state index contributed by atoms with van der Waals surface area (Å²) < 4.78 is 51.7. The van der Waals surface area contributed by atoms with E-state index in [2.05, 4.69) is 5.43 Å². The summed E-state index contributed by atoms with van der Waals surface area (Å²) in [6, 6.07) is 4.17. The van der Waals surface area contributed by atoms with Crippen LogP contribution < -0.4 is 11.3 Å². The Morgan fingerprint density at radius 2 is 1.86 bits per heavy atom. The lowest BCUT2D eigenvalue weighted by molar-refractivity contribution is -0.140. The van der Waals surface area contributed by atoms with E-state index in [0.717, 1.165) is 27.5 Å². The topological polar surface area (TPSA) is 38.0 Å². The highest BCUT2D eigenvalue weighted by atomic mass is 32.1. The zero-order valence-electron chi connectivity index (χ0n) is 11.4. The van der Waals surface area contributed by atoms with E-state index in [1.807, 2.05) is 19.9 Å². The maximum atomic E-state index is 13.3. The van der Waals surface area contributed by atoms with Crippen molar-refractivity contribution in [2.75, 3.05) is 0 Å². The second kappa shape index (κ2) is 5.75. The van der Waals surface area contributed by atoms with Crippen molar-refractivity contribution in [2.45, 2.75) is 26.1 Å². The van der Waals surface area contributed by atoms with Crippen molar-refractivity contribution in [1.82, 2.24) is 5.43 Å². The van der Waals surface area contributed by atoms with Gasteiger partial charge in [0.05, 0.1) is 11.6 Å². The minimum Gasteiger partial charge on any atom is -0.271 e. The minimum atomic E-state index is -4.74. The molecule has 3 N–H and O–H groups in total. The van der Waals surface area contributed by atoms with Crippen molar-refractivity contribution < 1.29 is 17.6 Å². The van der Waals surface area contributed by atoms with E-state index in [1.54, 1.807) is 0 Å². The van der Waals surface area contributed by atoms with Crippen molar-refractivity contribution >= 4 is 11.3 Å². The first kappa shape index (κ1) is 15.9. The van der Waals surface area contributed by atoms with Crippen molar-refractivity contribution in [3.05, 3.63) is 56.5 Å². The molecule has 0 amide bonds. The van der Waals surface area contributed by atoms with Crippen LogP contribution in [0.15, 0.2) is 24.3 Å². The Morgan fingerprint density at radius 1 is 1.19 bits per heavy atom. The van der Waals surface area contributed by atoms with Gasteiger partial charge in [-0.2, -0.15) is 13.2 Å². The fraction of sp³-hybridized carbons (Fsp3) is 0.286. The van der Waals surface area contributed by atoms with Crippen LogP contribution in [0.3, 0.4) is 0 Å². The molecule has 0 aliphatic heterocycles. The van der Waals surface area contributed by atoms with Crippen molar-refractivity contribution in [1.29, 1.82) is 0 Å². The van der Waals surface area contributed by atoms with Gasteiger partial charge in [0.1, 0.15) is 5.82 Å². The molecule has 114 valence electrons. The van der Waals surface area contributed by atoms with Gasteiger partial charge in [-0.05, 0) is 43.2 Å². The second-order valence-electron chi connectivity index (χ2n) is 4.72. The van der Waals surface area contributed by atoms with Gasteiger partial charge >= 0.3 is 6.18 Å². The third kappa shape index (κ3) is 3.25. The first-order valence-electron chi connectivity index (χ1n) is 6.13. The third-order valence-corrected chi connectivity index (χ3v) is 4.48. The Morgan fingerprint density at radius 3 is 2.33 bits per heavy atom. The smallest absolute Gasteiger partial charge is 0.271 e. The average molecular weight is 318 g/mol. The number of hydrogen-bond donors (Lipinski definition) is 2. The number of nitrogens with two attached hydrogens (primary N) is 1. The van der Waals surface area contributed by atoms with Crippen molar-refractivity contribution in [2.24, 2.45) is 5.84 Å². The molecule has 0 fully saturated rings. The number of hydrogen-bond acceptors (Lipinski definition) is 3. The Kier molecular flexibility index (Phi) is 4.36. The Balaban J connectivity index is 2.48. The minimum absolute atomic E-state index is 0.271. The molecule has 0 aliphatic carbocycles. The molecule has 2 aromatic rings. The molecular weight excluding hydrogens is 304 g/mol. The van der Waals surface area contributed by atoms with E-state index in [1.165, 1.54) is 17.4 Å². The Bertz CT molecular complexity index is 629. The van der Waals surface area contributed by atoms with E-state index < -0.39 is 23.6 Å². The van der Waals surface area contributed by atoms with Gasteiger partial charge in [-0.1, -0.05) is 6.07 Å². The van der Waals surface area contributed by atoms with Crippen LogP contribution in [0.1, 0.15) is 32.5 Å². The largest absolute Gasteiger partial charge is 0.419 e. The molecule has 0 saturated heterocycles. The van der Waals surface area contributed by atoms with Gasteiger partial charge in [-0.25, -0.2) is 9.82 Å². The summed E-state index contributed by atoms with van der Waals surface area (Å²) in [6.07, 6.45) is -4.74. The zero-order valence-corrected chi connectivity index (χ0v) is 12.2. The van der Waals surface area contributed by atoms with E-state index in [0.29, 0.717) is 0 Å². The summed E-state index contributed by atoms with van der Waals surface area (Å²) in [5, 5.41) is 0. The third-order valence-electron chi connectivity index (χ3n) is 3.27. The molecule has 2 nitrogen and oxygen atoms in total. The monoisotopic (exact) mass is 318 g/mol. The lowest BCUT2D eigenvalue weighted by Crippen LogP contribution is -2.28. The Labute approximate surface area is 123 Å². The van der Waals surface area contributed by atoms with Crippen molar-refractivity contribution in [3.63, 3.8) is 0 Å². The van der Waals surface area contributed by atoms with Crippen LogP contribution >= 0.6 is 11.3 Å². The number of hydrazine groups is 1. The summed E-state index contributed by atoms with van der Waals surface area (Å²) >= 11 is 1.44. The number of aryl methyl sites for hydroxylation is 2. The highest BCUT2D eigenvalue weighted by molar-refractivity contribution is 7.12. The molecule has 1 aromatic carbocycles. The van der Waals surface area contributed by atoms with Gasteiger partial charge in [-0.3, -0.25) is 5.84 Å². The Hall–Kier alpha value is -1.44. The summed E-state index contributed by atoms with van der Waals surface area (Å²) in [5.41, 5.74) is 2.51. The van der Waals surface area contributed by atoms with Crippen molar-refractivity contribution in [3.8, 4) is 0 Å². The summed E-state index contributed by atoms with van der Waals surface area (Å²) in [4.78, 5) is 1.84. The number of nitrogens with one attached hydrogen (secondary N) is 1. The SMILES string of the molecule is Cc1cc(C(NN)c2ccc(F)c(C(F)(F)F)c2)sc1C. The van der Waals surface area contributed by atoms with Crippen LogP contribution in [0.4, 0.5) is 17.6 Å². The molecule has 1 heterocycles. The molecule has 1 atom stereocenters. The normalized spacial score (nSPS) is 13.5. The summed E-state index contributed by atoms with van der Waals surface area (Å²) in [6.45, 7) is 3.83.